The second kappa shape index (κ2) is 5.38. The van der Waals surface area contributed by atoms with Gasteiger partial charge in [0.05, 0.1) is 19.8 Å². The number of methoxy groups -OCH3 is 2. The number of aromatic nitrogens is 3. The Balaban J connectivity index is 2.20. The molecule has 0 spiro atoms. The quantitative estimate of drug-likeness (QED) is 0.838. The van der Waals surface area contributed by atoms with Gasteiger partial charge in [-0.25, -0.2) is 14.5 Å². The molecular formula is C12H14N4O3. The van der Waals surface area contributed by atoms with E-state index in [1.165, 1.54) is 13.3 Å². The highest BCUT2D eigenvalue weighted by Gasteiger charge is 2.09. The van der Waals surface area contributed by atoms with Gasteiger partial charge >= 0.3 is 5.97 Å². The number of nitrogens with zero attached hydrogens (tertiary/aromatic N) is 3. The molecule has 0 fully saturated rings. The molecule has 0 unspecified atom stereocenters. The van der Waals surface area contributed by atoms with E-state index in [9.17, 15) is 4.79 Å². The SMILES string of the molecule is COC(=O)c1ccnc(Nc2cc(OC)n(C)n2)c1. The molecule has 0 aliphatic carbocycles. The maximum atomic E-state index is 11.4. The fourth-order valence-corrected chi connectivity index (χ4v) is 1.58. The van der Waals surface area contributed by atoms with Crippen LogP contribution in [0.15, 0.2) is 24.4 Å². The van der Waals surface area contributed by atoms with Gasteiger partial charge in [-0.3, -0.25) is 0 Å². The summed E-state index contributed by atoms with van der Waals surface area (Å²) in [5.41, 5.74) is 0.419. The van der Waals surface area contributed by atoms with Crippen LogP contribution in [-0.2, 0) is 11.8 Å². The van der Waals surface area contributed by atoms with E-state index in [1.54, 1.807) is 37.0 Å². The predicted octanol–water partition coefficient (Wildman–Crippen LogP) is 1.35. The van der Waals surface area contributed by atoms with Crippen molar-refractivity contribution in [2.45, 2.75) is 0 Å². The predicted molar refractivity (Wildman–Crippen MR) is 68.6 cm³/mol. The van der Waals surface area contributed by atoms with Crippen LogP contribution in [0.4, 0.5) is 11.6 Å². The van der Waals surface area contributed by atoms with Gasteiger partial charge in [-0.1, -0.05) is 0 Å². The first-order valence-corrected chi connectivity index (χ1v) is 5.53. The van der Waals surface area contributed by atoms with Crippen LogP contribution in [-0.4, -0.2) is 35.0 Å². The maximum Gasteiger partial charge on any atom is 0.338 e. The molecule has 0 aliphatic heterocycles. The molecule has 19 heavy (non-hydrogen) atoms. The first-order valence-electron chi connectivity index (χ1n) is 5.53. The van der Waals surface area contributed by atoms with Crippen LogP contribution < -0.4 is 10.1 Å². The average Bonchev–Trinajstić information content (AvgIpc) is 2.78. The molecule has 0 radical (unpaired) electrons. The molecule has 0 aromatic carbocycles. The smallest absolute Gasteiger partial charge is 0.338 e. The second-order valence-corrected chi connectivity index (χ2v) is 3.74. The summed E-state index contributed by atoms with van der Waals surface area (Å²) < 4.78 is 11.3. The molecule has 1 N–H and O–H groups in total. The van der Waals surface area contributed by atoms with Crippen LogP contribution in [0.5, 0.6) is 5.88 Å². The third kappa shape index (κ3) is 2.82. The Kier molecular flexibility index (Phi) is 3.65. The van der Waals surface area contributed by atoms with E-state index >= 15 is 0 Å². The van der Waals surface area contributed by atoms with E-state index in [1.807, 2.05) is 0 Å². The van der Waals surface area contributed by atoms with Gasteiger partial charge in [0.25, 0.3) is 0 Å². The minimum absolute atomic E-state index is 0.413. The second-order valence-electron chi connectivity index (χ2n) is 3.74. The van der Waals surface area contributed by atoms with Crippen molar-refractivity contribution in [1.29, 1.82) is 0 Å². The van der Waals surface area contributed by atoms with E-state index in [4.69, 9.17) is 4.74 Å². The molecule has 2 rings (SSSR count). The fraction of sp³-hybridized carbons (Fsp3) is 0.250. The van der Waals surface area contributed by atoms with Gasteiger partial charge < -0.3 is 14.8 Å². The zero-order chi connectivity index (χ0) is 13.8. The van der Waals surface area contributed by atoms with Crippen molar-refractivity contribution in [3.63, 3.8) is 0 Å². The molecular weight excluding hydrogens is 248 g/mol. The van der Waals surface area contributed by atoms with E-state index in [0.29, 0.717) is 23.1 Å². The van der Waals surface area contributed by atoms with Gasteiger partial charge in [0.2, 0.25) is 5.88 Å². The number of carbonyl (C=O) groups excluding carboxylic acids is 1. The Morgan fingerprint density at radius 2 is 2.11 bits per heavy atom. The van der Waals surface area contributed by atoms with Crippen LogP contribution in [0.2, 0.25) is 0 Å². The van der Waals surface area contributed by atoms with Gasteiger partial charge in [-0.15, -0.1) is 0 Å². The summed E-state index contributed by atoms with van der Waals surface area (Å²) in [4.78, 5) is 15.5. The summed E-state index contributed by atoms with van der Waals surface area (Å²) in [6, 6.07) is 4.90. The number of hydrogen-bond acceptors (Lipinski definition) is 6. The Morgan fingerprint density at radius 1 is 1.32 bits per heavy atom. The Morgan fingerprint density at radius 3 is 2.74 bits per heavy atom. The average molecular weight is 262 g/mol. The van der Waals surface area contributed by atoms with Crippen molar-refractivity contribution in [3.05, 3.63) is 30.0 Å². The number of aryl methyl sites for hydroxylation is 1. The van der Waals surface area contributed by atoms with Crippen LogP contribution >= 0.6 is 0 Å². The highest BCUT2D eigenvalue weighted by Crippen LogP contribution is 2.19. The molecule has 2 aromatic heterocycles. The molecule has 2 heterocycles. The van der Waals surface area contributed by atoms with Gasteiger partial charge in [0, 0.05) is 19.3 Å². The summed E-state index contributed by atoms with van der Waals surface area (Å²) in [6.45, 7) is 0. The number of ether oxygens (including phenoxy) is 2. The molecule has 100 valence electrons. The van der Waals surface area contributed by atoms with Crippen molar-refractivity contribution in [3.8, 4) is 5.88 Å². The molecule has 0 atom stereocenters. The monoisotopic (exact) mass is 262 g/mol. The Labute approximate surface area is 110 Å². The highest BCUT2D eigenvalue weighted by molar-refractivity contribution is 5.90. The molecule has 2 aromatic rings. The molecule has 0 bridgehead atoms. The molecule has 7 heteroatoms. The van der Waals surface area contributed by atoms with Crippen LogP contribution in [0.3, 0.4) is 0 Å². The number of hydrogen-bond donors (Lipinski definition) is 1. The lowest BCUT2D eigenvalue weighted by Gasteiger charge is -2.03. The molecule has 0 aliphatic rings. The van der Waals surface area contributed by atoms with E-state index in [0.717, 1.165) is 0 Å². The third-order valence-corrected chi connectivity index (χ3v) is 2.48. The number of anilines is 2. The number of carbonyl (C=O) groups is 1. The first-order chi connectivity index (χ1) is 9.13. The largest absolute Gasteiger partial charge is 0.481 e. The van der Waals surface area contributed by atoms with Crippen molar-refractivity contribution in [1.82, 2.24) is 14.8 Å². The van der Waals surface area contributed by atoms with Gasteiger partial charge in [0.1, 0.15) is 5.82 Å². The molecule has 7 nitrogen and oxygen atoms in total. The van der Waals surface area contributed by atoms with E-state index < -0.39 is 5.97 Å². The summed E-state index contributed by atoms with van der Waals surface area (Å²) in [6.07, 6.45) is 1.52. The third-order valence-electron chi connectivity index (χ3n) is 2.48. The van der Waals surface area contributed by atoms with Gasteiger partial charge in [-0.05, 0) is 12.1 Å². The zero-order valence-corrected chi connectivity index (χ0v) is 10.9. The summed E-state index contributed by atoms with van der Waals surface area (Å²) in [7, 11) is 4.67. The van der Waals surface area contributed by atoms with Crippen molar-refractivity contribution < 1.29 is 14.3 Å². The summed E-state index contributed by atoms with van der Waals surface area (Å²) in [5, 5.41) is 7.18. The Bertz CT molecular complexity index is 594. The van der Waals surface area contributed by atoms with Crippen LogP contribution in [0, 0.1) is 0 Å². The fourth-order valence-electron chi connectivity index (χ4n) is 1.58. The molecule has 0 saturated heterocycles. The minimum atomic E-state index is -0.413. The molecule has 0 amide bonds. The van der Waals surface area contributed by atoms with E-state index in [2.05, 4.69) is 20.1 Å². The van der Waals surface area contributed by atoms with E-state index in [-0.39, 0.29) is 0 Å². The zero-order valence-electron chi connectivity index (χ0n) is 10.9. The lowest BCUT2D eigenvalue weighted by atomic mass is 10.2. The molecule has 0 saturated carbocycles. The van der Waals surface area contributed by atoms with Crippen molar-refractivity contribution in [2.75, 3.05) is 19.5 Å². The van der Waals surface area contributed by atoms with Crippen molar-refractivity contribution in [2.24, 2.45) is 7.05 Å². The van der Waals surface area contributed by atoms with Crippen molar-refractivity contribution >= 4 is 17.6 Å². The lowest BCUT2D eigenvalue weighted by molar-refractivity contribution is 0.0600. The standard InChI is InChI=1S/C12H14N4O3/c1-16-11(18-2)7-10(15-16)14-9-6-8(4-5-13-9)12(17)19-3/h4-7H,1-3H3,(H,13,14,15). The van der Waals surface area contributed by atoms with Crippen LogP contribution in [0.1, 0.15) is 10.4 Å². The highest BCUT2D eigenvalue weighted by atomic mass is 16.5. The normalized spacial score (nSPS) is 10.1. The topological polar surface area (TPSA) is 78.3 Å². The lowest BCUT2D eigenvalue weighted by Crippen LogP contribution is -2.03. The van der Waals surface area contributed by atoms with Gasteiger partial charge in [0.15, 0.2) is 5.82 Å². The summed E-state index contributed by atoms with van der Waals surface area (Å²) in [5.74, 6) is 1.29. The van der Waals surface area contributed by atoms with Gasteiger partial charge in [-0.2, -0.15) is 5.10 Å². The maximum absolute atomic E-state index is 11.4. The Hall–Kier alpha value is -2.57. The number of pyridine rings is 1. The first kappa shape index (κ1) is 12.9. The summed E-state index contributed by atoms with van der Waals surface area (Å²) >= 11 is 0. The number of rotatable bonds is 4. The number of esters is 1. The number of nitrogens with one attached hydrogen (secondary N) is 1. The minimum Gasteiger partial charge on any atom is -0.481 e. The van der Waals surface area contributed by atoms with Crippen LogP contribution in [0.25, 0.3) is 0 Å².